The summed E-state index contributed by atoms with van der Waals surface area (Å²) in [5, 5.41) is 6.81. The van der Waals surface area contributed by atoms with Crippen LogP contribution in [0.4, 0.5) is 5.69 Å². The Morgan fingerprint density at radius 2 is 1.56 bits per heavy atom. The molecule has 1 heterocycles. The summed E-state index contributed by atoms with van der Waals surface area (Å²) in [4.78, 5) is 17.6. The van der Waals surface area contributed by atoms with Crippen LogP contribution >= 0.6 is 0 Å². The molecule has 0 aromatic heterocycles. The van der Waals surface area contributed by atoms with E-state index in [-0.39, 0.29) is 5.91 Å². The van der Waals surface area contributed by atoms with E-state index in [0.29, 0.717) is 5.56 Å². The summed E-state index contributed by atoms with van der Waals surface area (Å²) in [6, 6.07) is 29.2. The lowest BCUT2D eigenvalue weighted by atomic mass is 10.0. The molecule has 0 saturated carbocycles. The van der Waals surface area contributed by atoms with Crippen LogP contribution < -0.4 is 10.3 Å². The SMILES string of the molecule is O=C(N/N=C\c1ccc2c3c(cccc13)CC2)c1ccc(CN2CCN(c3ccccc3)CC2)cc1. The molecule has 1 aliphatic heterocycles. The summed E-state index contributed by atoms with van der Waals surface area (Å²) in [7, 11) is 0. The topological polar surface area (TPSA) is 47.9 Å². The van der Waals surface area contributed by atoms with Gasteiger partial charge < -0.3 is 4.90 Å². The van der Waals surface area contributed by atoms with Crippen molar-refractivity contribution >= 4 is 28.6 Å². The third-order valence-corrected chi connectivity index (χ3v) is 7.40. The molecule has 0 spiro atoms. The van der Waals surface area contributed by atoms with Crippen LogP contribution in [0.15, 0.2) is 90.0 Å². The van der Waals surface area contributed by atoms with Crippen LogP contribution in [-0.4, -0.2) is 43.2 Å². The maximum atomic E-state index is 12.6. The van der Waals surface area contributed by atoms with Crippen molar-refractivity contribution in [3.63, 3.8) is 0 Å². The molecule has 4 aromatic carbocycles. The van der Waals surface area contributed by atoms with Crippen LogP contribution in [0.5, 0.6) is 0 Å². The van der Waals surface area contributed by atoms with Crippen molar-refractivity contribution in [1.82, 2.24) is 10.3 Å². The Morgan fingerprint density at radius 1 is 0.806 bits per heavy atom. The molecule has 1 fully saturated rings. The van der Waals surface area contributed by atoms with Crippen LogP contribution in [0.25, 0.3) is 10.8 Å². The molecule has 1 amide bonds. The maximum Gasteiger partial charge on any atom is 0.271 e. The second-order valence-corrected chi connectivity index (χ2v) is 9.65. The van der Waals surface area contributed by atoms with Gasteiger partial charge in [-0.1, -0.05) is 60.7 Å². The van der Waals surface area contributed by atoms with Gasteiger partial charge in [-0.2, -0.15) is 5.10 Å². The smallest absolute Gasteiger partial charge is 0.271 e. The van der Waals surface area contributed by atoms with E-state index in [2.05, 4.69) is 81.0 Å². The van der Waals surface area contributed by atoms with Gasteiger partial charge in [0.1, 0.15) is 0 Å². The van der Waals surface area contributed by atoms with Gasteiger partial charge in [0.2, 0.25) is 0 Å². The molecule has 0 radical (unpaired) electrons. The Labute approximate surface area is 212 Å². The zero-order valence-electron chi connectivity index (χ0n) is 20.4. The number of amides is 1. The van der Waals surface area contributed by atoms with Crippen molar-refractivity contribution in [1.29, 1.82) is 0 Å². The first-order chi connectivity index (χ1) is 17.7. The lowest BCUT2D eigenvalue weighted by Gasteiger charge is -2.36. The van der Waals surface area contributed by atoms with Crippen LogP contribution in [0.1, 0.15) is 32.6 Å². The molecule has 5 nitrogen and oxygen atoms in total. The fourth-order valence-corrected chi connectivity index (χ4v) is 5.43. The molecule has 4 aromatic rings. The average Bonchev–Trinajstić information content (AvgIpc) is 3.36. The van der Waals surface area contributed by atoms with E-state index in [9.17, 15) is 4.79 Å². The summed E-state index contributed by atoms with van der Waals surface area (Å²) < 4.78 is 0. The molecule has 36 heavy (non-hydrogen) atoms. The molecule has 0 bridgehead atoms. The predicted octanol–water partition coefficient (Wildman–Crippen LogP) is 5.02. The minimum absolute atomic E-state index is 0.194. The van der Waals surface area contributed by atoms with Crippen molar-refractivity contribution in [2.24, 2.45) is 5.10 Å². The number of aryl methyl sites for hydroxylation is 2. The second kappa shape index (κ2) is 9.96. The number of nitrogens with one attached hydrogen (secondary N) is 1. The predicted molar refractivity (Wildman–Crippen MR) is 147 cm³/mol. The van der Waals surface area contributed by atoms with Gasteiger partial charge >= 0.3 is 0 Å². The van der Waals surface area contributed by atoms with Gasteiger partial charge in [0, 0.05) is 49.5 Å². The third-order valence-electron chi connectivity index (χ3n) is 7.40. The number of benzene rings is 4. The normalized spacial score (nSPS) is 15.6. The monoisotopic (exact) mass is 474 g/mol. The van der Waals surface area contributed by atoms with Crippen LogP contribution in [0.3, 0.4) is 0 Å². The van der Waals surface area contributed by atoms with E-state index in [1.165, 1.54) is 33.2 Å². The Hall–Kier alpha value is -3.96. The van der Waals surface area contributed by atoms with E-state index >= 15 is 0 Å². The lowest BCUT2D eigenvalue weighted by Crippen LogP contribution is -2.45. The molecule has 6 rings (SSSR count). The quantitative estimate of drug-likeness (QED) is 0.315. The van der Waals surface area contributed by atoms with Gasteiger partial charge in [0.05, 0.1) is 6.21 Å². The van der Waals surface area contributed by atoms with Gasteiger partial charge in [-0.15, -0.1) is 0 Å². The van der Waals surface area contributed by atoms with Crippen molar-refractivity contribution in [3.8, 4) is 0 Å². The number of hydrogen-bond acceptors (Lipinski definition) is 4. The van der Waals surface area contributed by atoms with Gasteiger partial charge in [0.25, 0.3) is 5.91 Å². The summed E-state index contributed by atoms with van der Waals surface area (Å²) in [5.41, 5.74) is 9.66. The van der Waals surface area contributed by atoms with Crippen molar-refractivity contribution in [2.45, 2.75) is 19.4 Å². The Bertz CT molecular complexity index is 1390. The number of hydrazone groups is 1. The van der Waals surface area contributed by atoms with E-state index in [1.807, 2.05) is 24.3 Å². The number of anilines is 1. The number of nitrogens with zero attached hydrogens (tertiary/aromatic N) is 3. The standard InChI is InChI=1S/C31H30N4O/c36-31(33-32-21-27-16-15-25-14-13-24-5-4-8-29(27)30(24)25)26-11-9-23(10-12-26)22-34-17-19-35(20-18-34)28-6-2-1-3-7-28/h1-12,15-16,21H,13-14,17-20,22H2,(H,33,36)/b32-21-. The van der Waals surface area contributed by atoms with Crippen LogP contribution in [-0.2, 0) is 19.4 Å². The average molecular weight is 475 g/mol. The molecule has 180 valence electrons. The fourth-order valence-electron chi connectivity index (χ4n) is 5.43. The molecular weight excluding hydrogens is 444 g/mol. The Kier molecular flexibility index (Phi) is 6.22. The summed E-state index contributed by atoms with van der Waals surface area (Å²) in [5.74, 6) is -0.194. The molecule has 5 heteroatoms. The minimum Gasteiger partial charge on any atom is -0.369 e. The molecular formula is C31H30N4O. The van der Waals surface area contributed by atoms with Crippen molar-refractivity contribution in [2.75, 3.05) is 31.1 Å². The largest absolute Gasteiger partial charge is 0.369 e. The maximum absolute atomic E-state index is 12.6. The summed E-state index contributed by atoms with van der Waals surface area (Å²) >= 11 is 0. The second-order valence-electron chi connectivity index (χ2n) is 9.65. The molecule has 1 aliphatic carbocycles. The number of carbonyl (C=O) groups excluding carboxylic acids is 1. The molecule has 1 saturated heterocycles. The fraction of sp³-hybridized carbons (Fsp3) is 0.226. The number of hydrogen-bond donors (Lipinski definition) is 1. The minimum atomic E-state index is -0.194. The Morgan fingerprint density at radius 3 is 2.33 bits per heavy atom. The first kappa shape index (κ1) is 22.5. The van der Waals surface area contributed by atoms with E-state index in [4.69, 9.17) is 0 Å². The number of piperazine rings is 1. The number of carbonyl (C=O) groups is 1. The van der Waals surface area contributed by atoms with Gasteiger partial charge in [-0.05, 0) is 64.6 Å². The first-order valence-corrected chi connectivity index (χ1v) is 12.7. The summed E-state index contributed by atoms with van der Waals surface area (Å²) in [6.45, 7) is 5.02. The van der Waals surface area contributed by atoms with Crippen LogP contribution in [0, 0.1) is 0 Å². The highest BCUT2D eigenvalue weighted by atomic mass is 16.2. The van der Waals surface area contributed by atoms with E-state index in [0.717, 1.165) is 51.1 Å². The van der Waals surface area contributed by atoms with E-state index in [1.54, 1.807) is 6.21 Å². The first-order valence-electron chi connectivity index (χ1n) is 12.7. The molecule has 0 unspecified atom stereocenters. The van der Waals surface area contributed by atoms with Crippen LogP contribution in [0.2, 0.25) is 0 Å². The third kappa shape index (κ3) is 4.62. The molecule has 1 N–H and O–H groups in total. The van der Waals surface area contributed by atoms with Crippen molar-refractivity contribution in [3.05, 3.63) is 113 Å². The Balaban J connectivity index is 1.04. The number of para-hydroxylation sites is 1. The molecule has 0 atom stereocenters. The zero-order chi connectivity index (χ0) is 24.3. The highest BCUT2D eigenvalue weighted by molar-refractivity contribution is 6.03. The van der Waals surface area contributed by atoms with Gasteiger partial charge in [0.15, 0.2) is 0 Å². The number of rotatable bonds is 6. The lowest BCUT2D eigenvalue weighted by molar-refractivity contribution is 0.0955. The zero-order valence-corrected chi connectivity index (χ0v) is 20.4. The van der Waals surface area contributed by atoms with Gasteiger partial charge in [-0.3, -0.25) is 9.69 Å². The van der Waals surface area contributed by atoms with Gasteiger partial charge in [-0.25, -0.2) is 5.43 Å². The van der Waals surface area contributed by atoms with E-state index < -0.39 is 0 Å². The van der Waals surface area contributed by atoms with Crippen molar-refractivity contribution < 1.29 is 4.79 Å². The molecule has 2 aliphatic rings. The highest BCUT2D eigenvalue weighted by Crippen LogP contribution is 2.32. The highest BCUT2D eigenvalue weighted by Gasteiger charge is 2.18. The summed E-state index contributed by atoms with van der Waals surface area (Å²) in [6.07, 6.45) is 3.95.